The molecule has 0 saturated carbocycles. The van der Waals surface area contributed by atoms with E-state index >= 15 is 0 Å². The molecule has 0 radical (unpaired) electrons. The Hall–Kier alpha value is -2.47. The monoisotopic (exact) mass is 484 g/mol. The number of sulfonamides is 1. The highest BCUT2D eigenvalue weighted by molar-refractivity contribution is 7.92. The number of aryl methyl sites for hydroxylation is 2. The Balaban J connectivity index is 2.41. The number of unbranched alkanes of at least 4 members (excludes halogenated alkanes) is 1. The highest BCUT2D eigenvalue weighted by atomic mass is 32.2. The van der Waals surface area contributed by atoms with Crippen molar-refractivity contribution in [3.8, 4) is 5.75 Å². The van der Waals surface area contributed by atoms with Crippen LogP contribution in [0.25, 0.3) is 0 Å². The van der Waals surface area contributed by atoms with Gasteiger partial charge in [0, 0.05) is 0 Å². The number of ether oxygens (including phenoxy) is 1. The van der Waals surface area contributed by atoms with E-state index in [4.69, 9.17) is 10.5 Å². The molecular weight excluding hydrogens is 462 g/mol. The van der Waals surface area contributed by atoms with Crippen molar-refractivity contribution in [3.05, 3.63) is 52.6 Å². The van der Waals surface area contributed by atoms with Gasteiger partial charge in [0.1, 0.15) is 5.75 Å². The predicted octanol–water partition coefficient (Wildman–Crippen LogP) is 5.26. The van der Waals surface area contributed by atoms with Crippen LogP contribution >= 0.6 is 0 Å². The van der Waals surface area contributed by atoms with Gasteiger partial charge in [0.15, 0.2) is 0 Å². The molecule has 0 spiro atoms. The van der Waals surface area contributed by atoms with E-state index in [1.54, 1.807) is 0 Å². The molecule has 0 heterocycles. The standard InChI is InChI=1S/C20H22F6N2O3S/c1-12-7-17(31-6-4-3-5-27)8-13(2)18(12)32(29,30)28-16-10-14(19(21,22)23)9-15(11-16)20(24,25)26/h7-11,28H,3-6,27H2,1-2H3. The van der Waals surface area contributed by atoms with E-state index in [1.807, 2.05) is 4.72 Å². The second-order valence-electron chi connectivity index (χ2n) is 7.13. The molecule has 0 aliphatic carbocycles. The minimum absolute atomic E-state index is 0.0783. The third-order valence-corrected chi connectivity index (χ3v) is 6.10. The molecule has 2 aromatic carbocycles. The summed E-state index contributed by atoms with van der Waals surface area (Å²) in [6.45, 7) is 3.74. The Morgan fingerprint density at radius 2 is 1.38 bits per heavy atom. The van der Waals surface area contributed by atoms with Gasteiger partial charge in [-0.3, -0.25) is 4.72 Å². The molecule has 0 aliphatic rings. The Morgan fingerprint density at radius 1 is 0.875 bits per heavy atom. The molecule has 0 aliphatic heterocycles. The van der Waals surface area contributed by atoms with Gasteiger partial charge in [-0.25, -0.2) is 8.42 Å². The van der Waals surface area contributed by atoms with E-state index in [1.165, 1.54) is 26.0 Å². The molecule has 3 N–H and O–H groups in total. The lowest BCUT2D eigenvalue weighted by Gasteiger charge is -2.17. The zero-order chi connectivity index (χ0) is 24.3. The maximum Gasteiger partial charge on any atom is 0.416 e. The van der Waals surface area contributed by atoms with Crippen LogP contribution in [-0.4, -0.2) is 21.6 Å². The van der Waals surface area contributed by atoms with E-state index in [2.05, 4.69) is 0 Å². The number of nitrogens with two attached hydrogens (primary N) is 1. The van der Waals surface area contributed by atoms with E-state index in [9.17, 15) is 34.8 Å². The molecule has 5 nitrogen and oxygen atoms in total. The van der Waals surface area contributed by atoms with Crippen LogP contribution in [0.5, 0.6) is 5.75 Å². The summed E-state index contributed by atoms with van der Waals surface area (Å²) < 4.78 is 111. The number of nitrogens with one attached hydrogen (secondary N) is 1. The van der Waals surface area contributed by atoms with Crippen LogP contribution in [0.1, 0.15) is 35.1 Å². The van der Waals surface area contributed by atoms with Crippen molar-refractivity contribution in [2.75, 3.05) is 17.9 Å². The van der Waals surface area contributed by atoms with E-state index in [0.29, 0.717) is 37.5 Å². The molecule has 12 heteroatoms. The summed E-state index contributed by atoms with van der Waals surface area (Å²) in [5, 5.41) is 0. The van der Waals surface area contributed by atoms with Gasteiger partial charge in [0.25, 0.3) is 10.0 Å². The summed E-state index contributed by atoms with van der Waals surface area (Å²) in [5.74, 6) is 0.384. The topological polar surface area (TPSA) is 81.4 Å². The highest BCUT2D eigenvalue weighted by Gasteiger charge is 2.37. The Kier molecular flexibility index (Phi) is 7.71. The number of alkyl halides is 6. The maximum absolute atomic E-state index is 13.0. The third kappa shape index (κ3) is 6.52. The first-order valence-electron chi connectivity index (χ1n) is 9.41. The Bertz CT molecular complexity index is 1010. The second kappa shape index (κ2) is 9.57. The Morgan fingerprint density at radius 3 is 1.81 bits per heavy atom. The van der Waals surface area contributed by atoms with Crippen molar-refractivity contribution >= 4 is 15.7 Å². The third-order valence-electron chi connectivity index (χ3n) is 4.41. The number of halogens is 6. The van der Waals surface area contributed by atoms with Crippen LogP contribution in [0.3, 0.4) is 0 Å². The van der Waals surface area contributed by atoms with Gasteiger partial charge in [0.05, 0.1) is 28.3 Å². The molecule has 178 valence electrons. The molecule has 0 unspecified atom stereocenters. The fourth-order valence-corrected chi connectivity index (χ4v) is 4.57. The molecule has 0 bridgehead atoms. The SMILES string of the molecule is Cc1cc(OCCCCN)cc(C)c1S(=O)(=O)Nc1cc(C(F)(F)F)cc(C(F)(F)F)c1. The van der Waals surface area contributed by atoms with Crippen LogP contribution in [0.4, 0.5) is 32.0 Å². The average Bonchev–Trinajstić information content (AvgIpc) is 2.62. The molecule has 2 aromatic rings. The number of hydrogen-bond donors (Lipinski definition) is 2. The lowest BCUT2D eigenvalue weighted by molar-refractivity contribution is -0.143. The molecular formula is C20H22F6N2O3S. The smallest absolute Gasteiger partial charge is 0.416 e. The summed E-state index contributed by atoms with van der Waals surface area (Å²) in [6.07, 6.45) is -8.77. The number of hydrogen-bond acceptors (Lipinski definition) is 4. The van der Waals surface area contributed by atoms with Crippen molar-refractivity contribution < 1.29 is 39.5 Å². The van der Waals surface area contributed by atoms with E-state index in [-0.39, 0.29) is 22.1 Å². The number of anilines is 1. The summed E-state index contributed by atoms with van der Waals surface area (Å²) in [7, 11) is -4.50. The van der Waals surface area contributed by atoms with Crippen molar-refractivity contribution in [2.45, 2.75) is 43.9 Å². The van der Waals surface area contributed by atoms with Crippen molar-refractivity contribution in [1.29, 1.82) is 0 Å². The summed E-state index contributed by atoms with van der Waals surface area (Å²) in [5.41, 5.74) is 1.73. The normalized spacial score (nSPS) is 12.7. The zero-order valence-corrected chi connectivity index (χ0v) is 18.0. The van der Waals surface area contributed by atoms with Gasteiger partial charge in [-0.1, -0.05) is 0 Å². The summed E-state index contributed by atoms with van der Waals surface area (Å²) in [6, 6.07) is 3.40. The minimum atomic E-state index is -5.10. The number of benzene rings is 2. The first-order valence-corrected chi connectivity index (χ1v) is 10.9. The van der Waals surface area contributed by atoms with E-state index in [0.717, 1.165) is 6.42 Å². The lowest BCUT2D eigenvalue weighted by atomic mass is 10.1. The van der Waals surface area contributed by atoms with Gasteiger partial charge in [-0.2, -0.15) is 26.3 Å². The number of rotatable bonds is 8. The molecule has 0 amide bonds. The zero-order valence-electron chi connectivity index (χ0n) is 17.2. The molecule has 0 atom stereocenters. The van der Waals surface area contributed by atoms with Crippen molar-refractivity contribution in [1.82, 2.24) is 0 Å². The van der Waals surface area contributed by atoms with E-state index < -0.39 is 39.2 Å². The van der Waals surface area contributed by atoms with Crippen LogP contribution in [-0.2, 0) is 22.4 Å². The molecule has 0 fully saturated rings. The van der Waals surface area contributed by atoms with Gasteiger partial charge in [0.2, 0.25) is 0 Å². The first-order chi connectivity index (χ1) is 14.6. The van der Waals surface area contributed by atoms with Crippen LogP contribution in [0, 0.1) is 13.8 Å². The Labute approximate surface area is 181 Å². The van der Waals surface area contributed by atoms with Gasteiger partial charge in [-0.05, 0) is 74.7 Å². The van der Waals surface area contributed by atoms with Gasteiger partial charge < -0.3 is 10.5 Å². The first kappa shape index (κ1) is 25.8. The maximum atomic E-state index is 13.0. The average molecular weight is 484 g/mol. The van der Waals surface area contributed by atoms with Crippen molar-refractivity contribution in [3.63, 3.8) is 0 Å². The van der Waals surface area contributed by atoms with Crippen LogP contribution in [0.15, 0.2) is 35.2 Å². The van der Waals surface area contributed by atoms with Crippen LogP contribution < -0.4 is 15.2 Å². The van der Waals surface area contributed by atoms with Gasteiger partial charge >= 0.3 is 12.4 Å². The largest absolute Gasteiger partial charge is 0.494 e. The fourth-order valence-electron chi connectivity index (χ4n) is 3.07. The quantitative estimate of drug-likeness (QED) is 0.396. The minimum Gasteiger partial charge on any atom is -0.494 e. The molecule has 0 aromatic heterocycles. The highest BCUT2D eigenvalue weighted by Crippen LogP contribution is 2.38. The fraction of sp³-hybridized carbons (Fsp3) is 0.400. The summed E-state index contributed by atoms with van der Waals surface area (Å²) in [4.78, 5) is -0.266. The summed E-state index contributed by atoms with van der Waals surface area (Å²) >= 11 is 0. The van der Waals surface area contributed by atoms with Gasteiger partial charge in [-0.15, -0.1) is 0 Å². The lowest BCUT2D eigenvalue weighted by Crippen LogP contribution is -2.18. The molecule has 32 heavy (non-hydrogen) atoms. The predicted molar refractivity (Wildman–Crippen MR) is 107 cm³/mol. The van der Waals surface area contributed by atoms with Crippen LogP contribution in [0.2, 0.25) is 0 Å². The molecule has 0 saturated heterocycles. The van der Waals surface area contributed by atoms with Crippen molar-refractivity contribution in [2.24, 2.45) is 5.73 Å². The molecule has 2 rings (SSSR count). The second-order valence-corrected chi connectivity index (χ2v) is 8.75.